The highest BCUT2D eigenvalue weighted by Gasteiger charge is 2.27. The van der Waals surface area contributed by atoms with E-state index in [2.05, 4.69) is 10.3 Å². The number of rotatable bonds is 10. The number of methoxy groups -OCH3 is 1. The Hall–Kier alpha value is -4.72. The molecule has 0 unspecified atom stereocenters. The van der Waals surface area contributed by atoms with Crippen molar-refractivity contribution in [2.45, 2.75) is 6.42 Å². The van der Waals surface area contributed by atoms with Gasteiger partial charge in [-0.2, -0.15) is 0 Å². The number of halogens is 1. The van der Waals surface area contributed by atoms with E-state index >= 15 is 0 Å². The molecule has 1 heterocycles. The van der Waals surface area contributed by atoms with Gasteiger partial charge in [-0.05, 0) is 29.8 Å². The lowest BCUT2D eigenvalue weighted by Crippen LogP contribution is -2.26. The minimum absolute atomic E-state index is 0.0978. The Morgan fingerprint density at radius 1 is 0.946 bits per heavy atom. The van der Waals surface area contributed by atoms with E-state index in [4.69, 9.17) is 9.47 Å². The highest BCUT2D eigenvalue weighted by Crippen LogP contribution is 2.47. The second-order valence-corrected chi connectivity index (χ2v) is 8.06. The van der Waals surface area contributed by atoms with Crippen molar-refractivity contribution < 1.29 is 28.6 Å². The van der Waals surface area contributed by atoms with Crippen LogP contribution in [-0.2, 0) is 11.2 Å². The van der Waals surface area contributed by atoms with Crippen molar-refractivity contribution in [1.29, 1.82) is 0 Å². The summed E-state index contributed by atoms with van der Waals surface area (Å²) < 4.78 is 26.4. The fraction of sp³-hybridized carbons (Fsp3) is 0.138. The van der Waals surface area contributed by atoms with Crippen molar-refractivity contribution in [2.24, 2.45) is 0 Å². The number of aliphatic carboxylic acids is 1. The van der Waals surface area contributed by atoms with Gasteiger partial charge in [-0.1, -0.05) is 54.6 Å². The Balaban J connectivity index is 1.86. The van der Waals surface area contributed by atoms with Crippen LogP contribution in [0, 0.1) is 5.82 Å². The highest BCUT2D eigenvalue weighted by molar-refractivity contribution is 6.03. The maximum atomic E-state index is 15.0. The Morgan fingerprint density at radius 2 is 1.68 bits per heavy atom. The second kappa shape index (κ2) is 11.8. The van der Waals surface area contributed by atoms with Crippen LogP contribution in [0.2, 0.25) is 0 Å². The first-order valence-corrected chi connectivity index (χ1v) is 11.6. The molecular formula is C29H25FN2O5. The summed E-state index contributed by atoms with van der Waals surface area (Å²) in [4.78, 5) is 29.1. The number of carbonyl (C=O) groups is 2. The number of hydrogen-bond acceptors (Lipinski definition) is 5. The minimum Gasteiger partial charge on any atom is -0.495 e. The maximum absolute atomic E-state index is 15.0. The van der Waals surface area contributed by atoms with Crippen molar-refractivity contribution in [3.05, 3.63) is 102 Å². The Bertz CT molecular complexity index is 1390. The summed E-state index contributed by atoms with van der Waals surface area (Å²) in [6.45, 7) is -0.355. The number of ether oxygens (including phenoxy) is 2. The van der Waals surface area contributed by atoms with Gasteiger partial charge in [0.1, 0.15) is 17.3 Å². The maximum Gasteiger partial charge on any atom is 0.341 e. The quantitative estimate of drug-likeness (QED) is 0.318. The van der Waals surface area contributed by atoms with Gasteiger partial charge >= 0.3 is 5.97 Å². The number of carboxylic acid groups (broad SMARTS) is 1. The van der Waals surface area contributed by atoms with Crippen LogP contribution in [0.5, 0.6) is 11.5 Å². The van der Waals surface area contributed by atoms with E-state index in [1.807, 2.05) is 24.3 Å². The smallest absolute Gasteiger partial charge is 0.341 e. The number of carbonyl (C=O) groups excluding carboxylic acids is 1. The van der Waals surface area contributed by atoms with Crippen LogP contribution in [0.3, 0.4) is 0 Å². The van der Waals surface area contributed by atoms with Crippen molar-refractivity contribution in [3.8, 4) is 33.8 Å². The normalized spacial score (nSPS) is 10.5. The van der Waals surface area contributed by atoms with E-state index in [-0.39, 0.29) is 28.2 Å². The molecule has 0 aliphatic rings. The molecule has 188 valence electrons. The van der Waals surface area contributed by atoms with Crippen LogP contribution in [0.4, 0.5) is 4.39 Å². The number of benzene rings is 3. The first kappa shape index (κ1) is 25.4. The van der Waals surface area contributed by atoms with Gasteiger partial charge < -0.3 is 19.9 Å². The second-order valence-electron chi connectivity index (χ2n) is 8.06. The third-order valence-corrected chi connectivity index (χ3v) is 5.64. The molecule has 0 saturated heterocycles. The van der Waals surface area contributed by atoms with Gasteiger partial charge in [0.2, 0.25) is 0 Å². The molecule has 4 aromatic rings. The molecule has 1 aromatic heterocycles. The monoisotopic (exact) mass is 500 g/mol. The van der Waals surface area contributed by atoms with Crippen molar-refractivity contribution in [3.63, 3.8) is 0 Å². The standard InChI is InChI=1S/C29H25FN2O5/c1-36-27-23(29(35)32-16-14-20-11-7-8-15-31-20)17-22(21-12-5-6-13-24(21)30)28(37-18-25(33)34)26(27)19-9-3-2-4-10-19/h2-13,15,17H,14,16,18H2,1H3,(H,32,35)(H,33,34). The van der Waals surface area contributed by atoms with E-state index in [0.29, 0.717) is 24.1 Å². The topological polar surface area (TPSA) is 97.8 Å². The number of hydrogen-bond donors (Lipinski definition) is 2. The molecule has 0 fully saturated rings. The lowest BCUT2D eigenvalue weighted by Gasteiger charge is -2.22. The zero-order valence-electron chi connectivity index (χ0n) is 20.1. The largest absolute Gasteiger partial charge is 0.495 e. The van der Waals surface area contributed by atoms with Gasteiger partial charge in [-0.15, -0.1) is 0 Å². The summed E-state index contributed by atoms with van der Waals surface area (Å²) >= 11 is 0. The van der Waals surface area contributed by atoms with E-state index in [0.717, 1.165) is 5.69 Å². The lowest BCUT2D eigenvalue weighted by molar-refractivity contribution is -0.139. The molecule has 7 nitrogen and oxygen atoms in total. The first-order valence-electron chi connectivity index (χ1n) is 11.6. The Labute approximate surface area is 213 Å². The number of nitrogens with one attached hydrogen (secondary N) is 1. The molecule has 4 rings (SSSR count). The van der Waals surface area contributed by atoms with Gasteiger partial charge in [0, 0.05) is 36.0 Å². The molecule has 0 spiro atoms. The predicted octanol–water partition coefficient (Wildman–Crippen LogP) is 5.00. The zero-order valence-corrected chi connectivity index (χ0v) is 20.1. The van der Waals surface area contributed by atoms with Gasteiger partial charge in [0.15, 0.2) is 6.61 Å². The SMILES string of the molecule is COc1c(C(=O)NCCc2ccccn2)cc(-c2ccccc2F)c(OCC(=O)O)c1-c1ccccc1. The molecule has 0 radical (unpaired) electrons. The minimum atomic E-state index is -1.20. The van der Waals surface area contributed by atoms with E-state index in [1.165, 1.54) is 19.2 Å². The van der Waals surface area contributed by atoms with Gasteiger partial charge in [0.05, 0.1) is 18.2 Å². The number of amides is 1. The fourth-order valence-electron chi connectivity index (χ4n) is 4.00. The molecular weight excluding hydrogens is 475 g/mol. The van der Waals surface area contributed by atoms with Crippen molar-refractivity contribution in [1.82, 2.24) is 10.3 Å². The Kier molecular flexibility index (Phi) is 8.10. The molecule has 0 atom stereocenters. The first-order chi connectivity index (χ1) is 18.0. The molecule has 37 heavy (non-hydrogen) atoms. The van der Waals surface area contributed by atoms with Crippen molar-refractivity contribution in [2.75, 3.05) is 20.3 Å². The highest BCUT2D eigenvalue weighted by atomic mass is 19.1. The van der Waals surface area contributed by atoms with Gasteiger partial charge in [-0.25, -0.2) is 9.18 Å². The van der Waals surface area contributed by atoms with E-state index < -0.39 is 24.3 Å². The molecule has 3 aromatic carbocycles. The van der Waals surface area contributed by atoms with Gasteiger partial charge in [-0.3, -0.25) is 9.78 Å². The van der Waals surface area contributed by atoms with Crippen LogP contribution >= 0.6 is 0 Å². The van der Waals surface area contributed by atoms with Crippen LogP contribution in [0.25, 0.3) is 22.3 Å². The number of nitrogens with zero attached hydrogens (tertiary/aromatic N) is 1. The summed E-state index contributed by atoms with van der Waals surface area (Å²) in [7, 11) is 1.41. The van der Waals surface area contributed by atoms with Crippen LogP contribution in [0.15, 0.2) is 85.1 Å². The molecule has 8 heteroatoms. The molecule has 0 aliphatic carbocycles. The number of pyridine rings is 1. The summed E-state index contributed by atoms with van der Waals surface area (Å²) in [6.07, 6.45) is 2.20. The molecule has 1 amide bonds. The molecule has 0 saturated carbocycles. The van der Waals surface area contributed by atoms with E-state index in [1.54, 1.807) is 48.7 Å². The Morgan fingerprint density at radius 3 is 2.35 bits per heavy atom. The van der Waals surface area contributed by atoms with Gasteiger partial charge in [0.25, 0.3) is 5.91 Å². The van der Waals surface area contributed by atoms with Crippen LogP contribution in [0.1, 0.15) is 16.1 Å². The average Bonchev–Trinajstić information content (AvgIpc) is 2.92. The van der Waals surface area contributed by atoms with Crippen LogP contribution < -0.4 is 14.8 Å². The summed E-state index contributed by atoms with van der Waals surface area (Å²) in [5, 5.41) is 12.2. The van der Waals surface area contributed by atoms with Crippen LogP contribution in [-0.4, -0.2) is 42.2 Å². The molecule has 0 aliphatic heterocycles. The third kappa shape index (κ3) is 5.92. The molecule has 2 N–H and O–H groups in total. The fourth-order valence-corrected chi connectivity index (χ4v) is 4.00. The summed E-state index contributed by atoms with van der Waals surface area (Å²) in [6, 6.07) is 22.0. The summed E-state index contributed by atoms with van der Waals surface area (Å²) in [5.41, 5.74) is 2.33. The molecule has 0 bridgehead atoms. The summed E-state index contributed by atoms with van der Waals surface area (Å²) in [5.74, 6) is -1.91. The predicted molar refractivity (Wildman–Crippen MR) is 137 cm³/mol. The lowest BCUT2D eigenvalue weighted by atomic mass is 9.92. The zero-order chi connectivity index (χ0) is 26.2. The van der Waals surface area contributed by atoms with E-state index in [9.17, 15) is 19.1 Å². The number of carboxylic acids is 1. The van der Waals surface area contributed by atoms with Crippen molar-refractivity contribution >= 4 is 11.9 Å². The third-order valence-electron chi connectivity index (χ3n) is 5.64. The average molecular weight is 501 g/mol. The number of aromatic nitrogens is 1.